The number of furan rings is 1. The third-order valence-corrected chi connectivity index (χ3v) is 6.43. The van der Waals surface area contributed by atoms with Crippen molar-refractivity contribution in [3.05, 3.63) is 60.1 Å². The van der Waals surface area contributed by atoms with Crippen LogP contribution in [0.25, 0.3) is 0 Å². The molecule has 3 rings (SSSR count). The Morgan fingerprint density at radius 1 is 1.17 bits per heavy atom. The average molecular weight is 412 g/mol. The van der Waals surface area contributed by atoms with Crippen molar-refractivity contribution in [1.29, 1.82) is 0 Å². The third kappa shape index (κ3) is 6.21. The normalized spacial score (nSPS) is 20.6. The van der Waals surface area contributed by atoms with E-state index in [9.17, 15) is 4.79 Å². The van der Waals surface area contributed by atoms with Gasteiger partial charge in [0.15, 0.2) is 0 Å². The summed E-state index contributed by atoms with van der Waals surface area (Å²) in [5.41, 5.74) is 1.29. The van der Waals surface area contributed by atoms with E-state index in [4.69, 9.17) is 9.15 Å². The van der Waals surface area contributed by atoms with Gasteiger partial charge < -0.3 is 14.5 Å². The van der Waals surface area contributed by atoms with Crippen molar-refractivity contribution in [3.63, 3.8) is 0 Å². The molecule has 0 bridgehead atoms. The molecule has 1 saturated heterocycles. The van der Waals surface area contributed by atoms with E-state index in [1.165, 1.54) is 5.56 Å². The first-order valence-electron chi connectivity index (χ1n) is 11.3. The molecule has 1 N–H and O–H groups in total. The zero-order valence-electron chi connectivity index (χ0n) is 18.9. The van der Waals surface area contributed by atoms with Crippen molar-refractivity contribution in [2.24, 2.45) is 11.8 Å². The Labute approximate surface area is 181 Å². The molecule has 0 saturated carbocycles. The van der Waals surface area contributed by atoms with Crippen LogP contribution in [0.5, 0.6) is 0 Å². The molecule has 1 aromatic carbocycles. The Kier molecular flexibility index (Phi) is 7.76. The van der Waals surface area contributed by atoms with Crippen molar-refractivity contribution in [2.75, 3.05) is 13.2 Å². The fraction of sp³-hybridized carbons (Fsp3) is 0.577. The van der Waals surface area contributed by atoms with E-state index in [2.05, 4.69) is 63.3 Å². The van der Waals surface area contributed by atoms with Crippen molar-refractivity contribution in [2.45, 2.75) is 70.8 Å². The van der Waals surface area contributed by atoms with Crippen molar-refractivity contribution < 1.29 is 13.9 Å². The standard InChI is InChI=1S/C26H37NO3/c1-19(2)23(24-11-8-15-29-24)17-25(28)27-14-12-22(20-9-6-5-7-10-20)21-13-16-30-26(3,4)18-21/h5-11,15,19,21-23H,12-14,16-18H2,1-4H3,(H,27,28)/t21-,22-,23-/m1/s1. The second kappa shape index (κ2) is 10.3. The second-order valence-electron chi connectivity index (χ2n) is 9.59. The second-order valence-corrected chi connectivity index (χ2v) is 9.59. The number of hydrogen-bond donors (Lipinski definition) is 1. The molecule has 4 nitrogen and oxygen atoms in total. The van der Waals surface area contributed by atoms with E-state index in [-0.39, 0.29) is 17.4 Å². The lowest BCUT2D eigenvalue weighted by Gasteiger charge is -2.39. The van der Waals surface area contributed by atoms with Gasteiger partial charge in [-0.25, -0.2) is 0 Å². The smallest absolute Gasteiger partial charge is 0.220 e. The van der Waals surface area contributed by atoms with Gasteiger partial charge in [-0.3, -0.25) is 4.79 Å². The fourth-order valence-electron chi connectivity index (χ4n) is 4.80. The molecule has 3 atom stereocenters. The summed E-state index contributed by atoms with van der Waals surface area (Å²) < 4.78 is 11.5. The summed E-state index contributed by atoms with van der Waals surface area (Å²) in [6.07, 6.45) is 5.22. The molecule has 1 fully saturated rings. The average Bonchev–Trinajstić information content (AvgIpc) is 3.23. The topological polar surface area (TPSA) is 51.5 Å². The highest BCUT2D eigenvalue weighted by molar-refractivity contribution is 5.76. The number of rotatable bonds is 9. The molecule has 1 aliphatic heterocycles. The van der Waals surface area contributed by atoms with Crippen LogP contribution in [0, 0.1) is 11.8 Å². The molecule has 1 amide bonds. The lowest BCUT2D eigenvalue weighted by Crippen LogP contribution is -2.37. The van der Waals surface area contributed by atoms with Gasteiger partial charge in [0.2, 0.25) is 5.91 Å². The van der Waals surface area contributed by atoms with Crippen molar-refractivity contribution in [3.8, 4) is 0 Å². The molecule has 4 heteroatoms. The minimum atomic E-state index is -0.0767. The molecule has 1 aromatic heterocycles. The molecule has 30 heavy (non-hydrogen) atoms. The van der Waals surface area contributed by atoms with Crippen LogP contribution in [-0.2, 0) is 9.53 Å². The number of benzene rings is 1. The van der Waals surface area contributed by atoms with Gasteiger partial charge in [-0.05, 0) is 68.6 Å². The molecule has 2 heterocycles. The number of amides is 1. The summed E-state index contributed by atoms with van der Waals surface area (Å²) in [5.74, 6) is 2.46. The SMILES string of the molecule is CC(C)[C@@H](CC(=O)NCC[C@H](c1ccccc1)[C@@H]1CCOC(C)(C)C1)c1ccco1. The van der Waals surface area contributed by atoms with E-state index in [1.807, 2.05) is 12.1 Å². The van der Waals surface area contributed by atoms with Gasteiger partial charge in [-0.1, -0.05) is 44.2 Å². The molecule has 0 spiro atoms. The number of hydrogen-bond acceptors (Lipinski definition) is 3. The van der Waals surface area contributed by atoms with Crippen LogP contribution >= 0.6 is 0 Å². The maximum absolute atomic E-state index is 12.7. The van der Waals surface area contributed by atoms with E-state index < -0.39 is 0 Å². The maximum atomic E-state index is 12.7. The van der Waals surface area contributed by atoms with Crippen LogP contribution in [-0.4, -0.2) is 24.7 Å². The predicted molar refractivity (Wildman–Crippen MR) is 120 cm³/mol. The Morgan fingerprint density at radius 2 is 1.93 bits per heavy atom. The first-order chi connectivity index (χ1) is 14.4. The minimum absolute atomic E-state index is 0.0767. The first-order valence-corrected chi connectivity index (χ1v) is 11.3. The third-order valence-electron chi connectivity index (χ3n) is 6.43. The van der Waals surface area contributed by atoms with Gasteiger partial charge in [-0.2, -0.15) is 0 Å². The van der Waals surface area contributed by atoms with Crippen LogP contribution in [0.3, 0.4) is 0 Å². The summed E-state index contributed by atoms with van der Waals surface area (Å²) in [7, 11) is 0. The fourth-order valence-corrected chi connectivity index (χ4v) is 4.80. The summed E-state index contributed by atoms with van der Waals surface area (Å²) >= 11 is 0. The van der Waals surface area contributed by atoms with E-state index in [0.29, 0.717) is 30.7 Å². The van der Waals surface area contributed by atoms with Gasteiger partial charge in [0.25, 0.3) is 0 Å². The monoisotopic (exact) mass is 411 g/mol. The summed E-state index contributed by atoms with van der Waals surface area (Å²) in [5, 5.41) is 3.18. The van der Waals surface area contributed by atoms with E-state index in [1.54, 1.807) is 6.26 Å². The molecular weight excluding hydrogens is 374 g/mol. The van der Waals surface area contributed by atoms with E-state index >= 15 is 0 Å². The lowest BCUT2D eigenvalue weighted by molar-refractivity contribution is -0.121. The van der Waals surface area contributed by atoms with Gasteiger partial charge >= 0.3 is 0 Å². The molecule has 2 aromatic rings. The maximum Gasteiger partial charge on any atom is 0.220 e. The molecule has 0 radical (unpaired) electrons. The van der Waals surface area contributed by atoms with Crippen LogP contribution in [0.4, 0.5) is 0 Å². The molecule has 0 aliphatic carbocycles. The Bertz CT molecular complexity index is 767. The largest absolute Gasteiger partial charge is 0.469 e. The van der Waals surface area contributed by atoms with Crippen LogP contribution in [0.2, 0.25) is 0 Å². The Hall–Kier alpha value is -2.07. The van der Waals surface area contributed by atoms with Crippen LogP contribution in [0.1, 0.15) is 76.5 Å². The van der Waals surface area contributed by atoms with Gasteiger partial charge in [0, 0.05) is 25.5 Å². The van der Waals surface area contributed by atoms with Gasteiger partial charge in [-0.15, -0.1) is 0 Å². The van der Waals surface area contributed by atoms with Crippen LogP contribution < -0.4 is 5.32 Å². The summed E-state index contributed by atoms with van der Waals surface area (Å²) in [6, 6.07) is 14.6. The summed E-state index contributed by atoms with van der Waals surface area (Å²) in [6.45, 7) is 10.1. The van der Waals surface area contributed by atoms with Gasteiger partial charge in [0.1, 0.15) is 5.76 Å². The summed E-state index contributed by atoms with van der Waals surface area (Å²) in [4.78, 5) is 12.7. The molecular formula is C26H37NO3. The van der Waals surface area contributed by atoms with Gasteiger partial charge in [0.05, 0.1) is 11.9 Å². The number of nitrogens with one attached hydrogen (secondary N) is 1. The molecule has 164 valence electrons. The lowest BCUT2D eigenvalue weighted by atomic mass is 9.75. The van der Waals surface area contributed by atoms with Crippen LogP contribution in [0.15, 0.2) is 53.1 Å². The number of carbonyl (C=O) groups excluding carboxylic acids is 1. The first kappa shape index (κ1) is 22.6. The zero-order valence-corrected chi connectivity index (χ0v) is 18.9. The predicted octanol–water partition coefficient (Wildman–Crippen LogP) is 5.90. The minimum Gasteiger partial charge on any atom is -0.469 e. The van der Waals surface area contributed by atoms with Crippen molar-refractivity contribution in [1.82, 2.24) is 5.32 Å². The quantitative estimate of drug-likeness (QED) is 0.558. The highest BCUT2D eigenvalue weighted by Crippen LogP contribution is 2.39. The number of carbonyl (C=O) groups is 1. The Morgan fingerprint density at radius 3 is 2.57 bits per heavy atom. The van der Waals surface area contributed by atoms with Crippen molar-refractivity contribution >= 4 is 5.91 Å². The zero-order chi connectivity index (χ0) is 21.6. The number of ether oxygens (including phenoxy) is 1. The van der Waals surface area contributed by atoms with E-state index in [0.717, 1.165) is 31.6 Å². The highest BCUT2D eigenvalue weighted by Gasteiger charge is 2.34. The highest BCUT2D eigenvalue weighted by atomic mass is 16.5. The molecule has 1 aliphatic rings. The molecule has 0 unspecified atom stereocenters. The Balaban J connectivity index is 1.59.